The number of ether oxygens (including phenoxy) is 1. The molecule has 2 N–H and O–H groups in total. The molecule has 1 unspecified atom stereocenters. The summed E-state index contributed by atoms with van der Waals surface area (Å²) in [5, 5.41) is 7.61. The first-order valence-corrected chi connectivity index (χ1v) is 11.5. The molecule has 29 heavy (non-hydrogen) atoms. The Morgan fingerprint density at radius 3 is 2.69 bits per heavy atom. The number of rotatable bonds is 5. The number of amides is 2. The number of halogens is 1. The second-order valence-electron chi connectivity index (χ2n) is 7.71. The van der Waals surface area contributed by atoms with E-state index in [1.165, 1.54) is 6.21 Å². The number of anilines is 1. The molecule has 1 aromatic rings. The second kappa shape index (κ2) is 8.45. The number of carbonyl (C=O) groups is 1. The summed E-state index contributed by atoms with van der Waals surface area (Å²) in [5.74, 6) is 0.0235. The quantitative estimate of drug-likeness (QED) is 0.676. The fourth-order valence-electron chi connectivity index (χ4n) is 3.39. The highest BCUT2D eigenvalue weighted by molar-refractivity contribution is 7.91. The van der Waals surface area contributed by atoms with E-state index in [1.807, 2.05) is 27.7 Å². The summed E-state index contributed by atoms with van der Waals surface area (Å²) >= 11 is 6.14. The molecular weight excluding hydrogens is 418 g/mol. The van der Waals surface area contributed by atoms with Crippen molar-refractivity contribution in [2.45, 2.75) is 57.4 Å². The minimum Gasteiger partial charge on any atom is -0.355 e. The van der Waals surface area contributed by atoms with Crippen LogP contribution in [0.4, 0.5) is 10.5 Å². The smallest absolute Gasteiger partial charge is 0.332 e. The van der Waals surface area contributed by atoms with Gasteiger partial charge in [-0.15, -0.1) is 0 Å². The van der Waals surface area contributed by atoms with Crippen LogP contribution in [0.1, 0.15) is 57.2 Å². The zero-order valence-corrected chi connectivity index (χ0v) is 18.4. The number of hydrogen-bond acceptors (Lipinski definition) is 7. The molecule has 1 fully saturated rings. The van der Waals surface area contributed by atoms with Crippen molar-refractivity contribution >= 4 is 39.6 Å². The van der Waals surface area contributed by atoms with Gasteiger partial charge in [0.2, 0.25) is 10.0 Å². The first-order valence-electron chi connectivity index (χ1n) is 9.55. The molecule has 2 aliphatic heterocycles. The Labute approximate surface area is 175 Å². The van der Waals surface area contributed by atoms with Crippen molar-refractivity contribution in [2.24, 2.45) is 5.10 Å². The van der Waals surface area contributed by atoms with Crippen molar-refractivity contribution < 1.29 is 17.9 Å². The normalized spacial score (nSPS) is 21.6. The van der Waals surface area contributed by atoms with E-state index in [9.17, 15) is 13.2 Å². The lowest BCUT2D eigenvalue weighted by Crippen LogP contribution is -2.50. The third-order valence-electron chi connectivity index (χ3n) is 4.80. The van der Waals surface area contributed by atoms with Gasteiger partial charge >= 0.3 is 6.03 Å². The summed E-state index contributed by atoms with van der Waals surface area (Å²) < 4.78 is 33.2. The lowest BCUT2D eigenvalue weighted by molar-refractivity contribution is -0.0779. The summed E-state index contributed by atoms with van der Waals surface area (Å²) in [4.78, 5) is 16.9. The van der Waals surface area contributed by atoms with Crippen LogP contribution < -0.4 is 10.0 Å². The average Bonchev–Trinajstić information content (AvgIpc) is 3.07. The van der Waals surface area contributed by atoms with E-state index in [0.29, 0.717) is 29.7 Å². The maximum absolute atomic E-state index is 12.8. The molecule has 2 aliphatic rings. The summed E-state index contributed by atoms with van der Waals surface area (Å²) in [6, 6.07) is 0.820. The largest absolute Gasteiger partial charge is 0.355 e. The van der Waals surface area contributed by atoms with Crippen molar-refractivity contribution in [3.63, 3.8) is 0 Å². The van der Waals surface area contributed by atoms with Gasteiger partial charge in [-0.1, -0.05) is 39.3 Å². The van der Waals surface area contributed by atoms with Crippen LogP contribution >= 0.6 is 11.6 Å². The lowest BCUT2D eigenvalue weighted by Gasteiger charge is -2.31. The Kier molecular flexibility index (Phi) is 6.35. The first kappa shape index (κ1) is 21.8. The third kappa shape index (κ3) is 4.65. The Bertz CT molecular complexity index is 890. The number of nitrogens with one attached hydrogen (secondary N) is 2. The third-order valence-corrected chi connectivity index (χ3v) is 6.54. The number of carbonyl (C=O) groups excluding carboxylic acids is 1. The molecule has 0 spiro atoms. The van der Waals surface area contributed by atoms with E-state index in [4.69, 9.17) is 16.3 Å². The number of pyridine rings is 1. The van der Waals surface area contributed by atoms with E-state index < -0.39 is 27.5 Å². The molecule has 0 aliphatic carbocycles. The predicted octanol–water partition coefficient (Wildman–Crippen LogP) is 2.85. The maximum Gasteiger partial charge on any atom is 0.332 e. The zero-order valence-electron chi connectivity index (χ0n) is 16.8. The summed E-state index contributed by atoms with van der Waals surface area (Å²) in [6.07, 6.45) is 1.35. The monoisotopic (exact) mass is 443 g/mol. The van der Waals surface area contributed by atoms with E-state index in [2.05, 4.69) is 20.1 Å². The van der Waals surface area contributed by atoms with Gasteiger partial charge in [-0.25, -0.2) is 22.9 Å². The Hall–Kier alpha value is -1.91. The highest BCUT2D eigenvalue weighted by Gasteiger charge is 2.43. The fraction of sp³-hybridized carbons (Fsp3) is 0.611. The highest BCUT2D eigenvalue weighted by Crippen LogP contribution is 2.33. The van der Waals surface area contributed by atoms with Crippen LogP contribution in [0.25, 0.3) is 0 Å². The molecule has 3 heterocycles. The Morgan fingerprint density at radius 1 is 1.31 bits per heavy atom. The molecule has 160 valence electrons. The lowest BCUT2D eigenvalue weighted by atomic mass is 9.97. The van der Waals surface area contributed by atoms with E-state index in [1.54, 1.807) is 11.1 Å². The molecule has 1 saturated heterocycles. The van der Waals surface area contributed by atoms with Crippen LogP contribution in [-0.4, -0.2) is 55.3 Å². The molecule has 9 nitrogen and oxygen atoms in total. The Balaban J connectivity index is 1.81. The fourth-order valence-corrected chi connectivity index (χ4v) is 4.78. The molecule has 2 atom stereocenters. The van der Waals surface area contributed by atoms with Crippen molar-refractivity contribution in [3.8, 4) is 0 Å². The molecule has 0 bridgehead atoms. The average molecular weight is 444 g/mol. The minimum absolute atomic E-state index is 0.0238. The van der Waals surface area contributed by atoms with Gasteiger partial charge in [-0.2, -0.15) is 5.10 Å². The first-order chi connectivity index (χ1) is 13.6. The van der Waals surface area contributed by atoms with Gasteiger partial charge in [0.15, 0.2) is 11.5 Å². The molecule has 0 saturated carbocycles. The van der Waals surface area contributed by atoms with Crippen LogP contribution in [-0.2, 0) is 14.8 Å². The zero-order chi connectivity index (χ0) is 21.3. The summed E-state index contributed by atoms with van der Waals surface area (Å²) in [7, 11) is -4.05. The SMILES string of the molecule is CC(C)c1cc(Cl)nc(C(C)C)c1NC(=O)NS(=O)(=O)[C@@H]1C=NN2CCCOC12. The molecule has 11 heteroatoms. The van der Waals surface area contributed by atoms with Gasteiger partial charge in [-0.3, -0.25) is 5.01 Å². The van der Waals surface area contributed by atoms with Gasteiger partial charge in [0, 0.05) is 12.8 Å². The number of urea groups is 1. The van der Waals surface area contributed by atoms with E-state index in [-0.39, 0.29) is 11.8 Å². The number of aromatic nitrogens is 1. The van der Waals surface area contributed by atoms with E-state index in [0.717, 1.165) is 12.0 Å². The van der Waals surface area contributed by atoms with Gasteiger partial charge < -0.3 is 10.1 Å². The van der Waals surface area contributed by atoms with Crippen molar-refractivity contribution in [1.29, 1.82) is 0 Å². The van der Waals surface area contributed by atoms with Crippen LogP contribution in [0.2, 0.25) is 5.15 Å². The van der Waals surface area contributed by atoms with Gasteiger partial charge in [0.05, 0.1) is 18.0 Å². The van der Waals surface area contributed by atoms with Crippen LogP contribution in [0.15, 0.2) is 11.2 Å². The summed E-state index contributed by atoms with van der Waals surface area (Å²) in [6.45, 7) is 8.83. The molecule has 1 aromatic heterocycles. The molecule has 0 aromatic carbocycles. The van der Waals surface area contributed by atoms with E-state index >= 15 is 0 Å². The molecular formula is C18H26ClN5O4S. The van der Waals surface area contributed by atoms with Gasteiger partial charge in [-0.05, 0) is 29.9 Å². The molecule has 0 radical (unpaired) electrons. The molecule has 3 rings (SSSR count). The van der Waals surface area contributed by atoms with Crippen LogP contribution in [0.5, 0.6) is 0 Å². The number of nitrogens with zero attached hydrogens (tertiary/aromatic N) is 3. The number of fused-ring (bicyclic) bond motifs is 1. The standard InChI is InChI=1S/C18H26ClN5O4S/c1-10(2)12-8-14(19)21-15(11(3)4)16(12)22-18(25)23-29(26,27)13-9-20-24-6-5-7-28-17(13)24/h8-11,13,17H,5-7H2,1-4H3,(H2,22,23,25)/t13-,17?/m1/s1. The van der Waals surface area contributed by atoms with Crippen molar-refractivity contribution in [2.75, 3.05) is 18.5 Å². The minimum atomic E-state index is -4.05. The second-order valence-corrected chi connectivity index (χ2v) is 9.94. The maximum atomic E-state index is 12.8. The predicted molar refractivity (Wildman–Crippen MR) is 112 cm³/mol. The Morgan fingerprint density at radius 2 is 2.03 bits per heavy atom. The number of hydrogen-bond donors (Lipinski definition) is 2. The topological polar surface area (TPSA) is 113 Å². The van der Waals surface area contributed by atoms with Crippen molar-refractivity contribution in [1.82, 2.24) is 14.7 Å². The highest BCUT2D eigenvalue weighted by atomic mass is 35.5. The molecule has 2 amide bonds. The van der Waals surface area contributed by atoms with Gasteiger partial charge in [0.1, 0.15) is 5.15 Å². The summed E-state index contributed by atoms with van der Waals surface area (Å²) in [5.41, 5.74) is 1.85. The van der Waals surface area contributed by atoms with Crippen LogP contribution in [0, 0.1) is 0 Å². The van der Waals surface area contributed by atoms with Gasteiger partial charge in [0.25, 0.3) is 0 Å². The number of sulfonamides is 1. The number of hydrazone groups is 1. The van der Waals surface area contributed by atoms with Crippen LogP contribution in [0.3, 0.4) is 0 Å². The van der Waals surface area contributed by atoms with Crippen molar-refractivity contribution in [3.05, 3.63) is 22.5 Å².